The van der Waals surface area contributed by atoms with Crippen molar-refractivity contribution < 1.29 is 9.32 Å². The Hall–Kier alpha value is -2.04. The van der Waals surface area contributed by atoms with Gasteiger partial charge in [-0.3, -0.25) is 9.78 Å². The third kappa shape index (κ3) is 3.23. The van der Waals surface area contributed by atoms with Crippen molar-refractivity contribution in [2.75, 3.05) is 0 Å². The van der Waals surface area contributed by atoms with Crippen molar-refractivity contribution in [1.82, 2.24) is 15.1 Å². The van der Waals surface area contributed by atoms with Crippen LogP contribution in [0.3, 0.4) is 0 Å². The minimum atomic E-state index is -0.0175. The van der Waals surface area contributed by atoms with E-state index in [0.717, 1.165) is 5.69 Å². The van der Waals surface area contributed by atoms with Crippen molar-refractivity contribution in [3.8, 4) is 0 Å². The average Bonchev–Trinajstić information content (AvgIpc) is 2.77. The highest BCUT2D eigenvalue weighted by molar-refractivity contribution is 5.81. The molecule has 0 aliphatic carbocycles. The molecule has 5 nitrogen and oxygen atoms in total. The molecule has 0 aliphatic rings. The van der Waals surface area contributed by atoms with Gasteiger partial charge in [0, 0.05) is 17.8 Å². The summed E-state index contributed by atoms with van der Waals surface area (Å²) in [6.07, 6.45) is 2.44. The number of nitrogens with zero attached hydrogens (tertiary/aromatic N) is 3. The van der Waals surface area contributed by atoms with Gasteiger partial charge in [-0.05, 0) is 12.1 Å². The molecular formula is C13H15N3O2. The molecule has 2 aromatic heterocycles. The van der Waals surface area contributed by atoms with Crippen molar-refractivity contribution in [2.24, 2.45) is 5.92 Å². The normalized spacial score (nSPS) is 10.8. The third-order valence-electron chi connectivity index (χ3n) is 2.54. The molecule has 94 valence electrons. The molecule has 2 heterocycles. The molecule has 18 heavy (non-hydrogen) atoms. The highest BCUT2D eigenvalue weighted by Gasteiger charge is 2.14. The summed E-state index contributed by atoms with van der Waals surface area (Å²) >= 11 is 0. The summed E-state index contributed by atoms with van der Waals surface area (Å²) in [5.74, 6) is 1.01. The number of carbonyl (C=O) groups excluding carboxylic acids is 1. The Labute approximate surface area is 105 Å². The Balaban J connectivity index is 2.00. The van der Waals surface area contributed by atoms with Crippen LogP contribution in [-0.4, -0.2) is 20.9 Å². The first-order chi connectivity index (χ1) is 8.65. The topological polar surface area (TPSA) is 68.9 Å². The number of Topliss-reactive ketones (excluding diaryl/α,β-unsaturated/α-hetero) is 1. The number of pyridine rings is 1. The lowest BCUT2D eigenvalue weighted by atomic mass is 10.1. The van der Waals surface area contributed by atoms with Gasteiger partial charge in [-0.15, -0.1) is 0 Å². The lowest BCUT2D eigenvalue weighted by molar-refractivity contribution is -0.121. The SMILES string of the molecule is CC(C)C(=O)Cc1nc(Cc2ccccn2)no1. The molecule has 2 aromatic rings. The molecule has 0 saturated heterocycles. The zero-order valence-corrected chi connectivity index (χ0v) is 10.5. The van der Waals surface area contributed by atoms with Crippen molar-refractivity contribution in [1.29, 1.82) is 0 Å². The number of aromatic nitrogens is 3. The fraction of sp³-hybridized carbons (Fsp3) is 0.385. The molecule has 0 N–H and O–H groups in total. The Bertz CT molecular complexity index is 520. The number of rotatable bonds is 5. The van der Waals surface area contributed by atoms with Crippen LogP contribution in [0.2, 0.25) is 0 Å². The molecule has 2 rings (SSSR count). The maximum Gasteiger partial charge on any atom is 0.234 e. The van der Waals surface area contributed by atoms with Gasteiger partial charge in [-0.2, -0.15) is 4.98 Å². The molecular weight excluding hydrogens is 230 g/mol. The second-order valence-electron chi connectivity index (χ2n) is 4.40. The highest BCUT2D eigenvalue weighted by Crippen LogP contribution is 2.07. The number of hydrogen-bond acceptors (Lipinski definition) is 5. The maximum absolute atomic E-state index is 11.5. The second kappa shape index (κ2) is 5.53. The van der Waals surface area contributed by atoms with E-state index in [1.54, 1.807) is 6.20 Å². The average molecular weight is 245 g/mol. The molecule has 0 fully saturated rings. The van der Waals surface area contributed by atoms with E-state index in [9.17, 15) is 4.79 Å². The van der Waals surface area contributed by atoms with Crippen LogP contribution in [0.4, 0.5) is 0 Å². The summed E-state index contributed by atoms with van der Waals surface area (Å²) < 4.78 is 5.05. The minimum absolute atomic E-state index is 0.0175. The van der Waals surface area contributed by atoms with E-state index < -0.39 is 0 Å². The lowest BCUT2D eigenvalue weighted by Gasteiger charge is -1.98. The van der Waals surface area contributed by atoms with E-state index in [2.05, 4.69) is 15.1 Å². The lowest BCUT2D eigenvalue weighted by Crippen LogP contribution is -2.10. The van der Waals surface area contributed by atoms with E-state index in [1.807, 2.05) is 32.0 Å². The Kier molecular flexibility index (Phi) is 3.82. The predicted octanol–water partition coefficient (Wildman–Crippen LogP) is 1.82. The first-order valence-corrected chi connectivity index (χ1v) is 5.89. The summed E-state index contributed by atoms with van der Waals surface area (Å²) in [6, 6.07) is 5.66. The van der Waals surface area contributed by atoms with Crippen molar-refractivity contribution >= 4 is 5.78 Å². The van der Waals surface area contributed by atoms with Gasteiger partial charge in [0.2, 0.25) is 5.89 Å². The first kappa shape index (κ1) is 12.4. The van der Waals surface area contributed by atoms with Gasteiger partial charge in [0.15, 0.2) is 5.82 Å². The number of hydrogen-bond donors (Lipinski definition) is 0. The maximum atomic E-state index is 11.5. The molecule has 0 saturated carbocycles. The summed E-state index contributed by atoms with van der Waals surface area (Å²) in [7, 11) is 0. The van der Waals surface area contributed by atoms with Crippen LogP contribution in [0.5, 0.6) is 0 Å². The van der Waals surface area contributed by atoms with Crippen LogP contribution in [0, 0.1) is 5.92 Å². The van der Waals surface area contributed by atoms with Crippen molar-refractivity contribution in [3.05, 3.63) is 41.8 Å². The van der Waals surface area contributed by atoms with Crippen LogP contribution in [-0.2, 0) is 17.6 Å². The molecule has 0 bridgehead atoms. The van der Waals surface area contributed by atoms with Crippen molar-refractivity contribution in [2.45, 2.75) is 26.7 Å². The molecule has 0 spiro atoms. The summed E-state index contributed by atoms with van der Waals surface area (Å²) in [6.45, 7) is 3.71. The van der Waals surface area contributed by atoms with E-state index in [1.165, 1.54) is 0 Å². The van der Waals surface area contributed by atoms with E-state index in [0.29, 0.717) is 18.1 Å². The predicted molar refractivity (Wildman–Crippen MR) is 64.9 cm³/mol. The Morgan fingerprint density at radius 2 is 2.22 bits per heavy atom. The molecule has 0 atom stereocenters. The van der Waals surface area contributed by atoms with Gasteiger partial charge in [0.05, 0.1) is 12.8 Å². The number of carbonyl (C=O) groups is 1. The third-order valence-corrected chi connectivity index (χ3v) is 2.54. The molecule has 5 heteroatoms. The smallest absolute Gasteiger partial charge is 0.234 e. The number of ketones is 1. The fourth-order valence-electron chi connectivity index (χ4n) is 1.45. The Morgan fingerprint density at radius 1 is 1.39 bits per heavy atom. The van der Waals surface area contributed by atoms with Gasteiger partial charge in [-0.25, -0.2) is 0 Å². The zero-order chi connectivity index (χ0) is 13.0. The highest BCUT2D eigenvalue weighted by atomic mass is 16.5. The monoisotopic (exact) mass is 245 g/mol. The van der Waals surface area contributed by atoms with Gasteiger partial charge < -0.3 is 4.52 Å². The van der Waals surface area contributed by atoms with Gasteiger partial charge in [0.25, 0.3) is 0 Å². The summed E-state index contributed by atoms with van der Waals surface area (Å²) in [5.41, 5.74) is 0.875. The summed E-state index contributed by atoms with van der Waals surface area (Å²) in [5, 5.41) is 3.85. The van der Waals surface area contributed by atoms with Gasteiger partial charge in [0.1, 0.15) is 5.78 Å². The van der Waals surface area contributed by atoms with Crippen molar-refractivity contribution in [3.63, 3.8) is 0 Å². The Morgan fingerprint density at radius 3 is 2.89 bits per heavy atom. The van der Waals surface area contributed by atoms with Crippen LogP contribution >= 0.6 is 0 Å². The quantitative estimate of drug-likeness (QED) is 0.803. The van der Waals surface area contributed by atoms with E-state index >= 15 is 0 Å². The minimum Gasteiger partial charge on any atom is -0.339 e. The van der Waals surface area contributed by atoms with E-state index in [-0.39, 0.29) is 18.1 Å². The first-order valence-electron chi connectivity index (χ1n) is 5.89. The van der Waals surface area contributed by atoms with Crippen LogP contribution < -0.4 is 0 Å². The molecule has 0 unspecified atom stereocenters. The molecule has 0 aliphatic heterocycles. The summed E-state index contributed by atoms with van der Waals surface area (Å²) in [4.78, 5) is 19.9. The largest absolute Gasteiger partial charge is 0.339 e. The van der Waals surface area contributed by atoms with Crippen LogP contribution in [0.1, 0.15) is 31.3 Å². The molecule has 0 aromatic carbocycles. The van der Waals surface area contributed by atoms with E-state index in [4.69, 9.17) is 4.52 Å². The van der Waals surface area contributed by atoms with Gasteiger partial charge in [-0.1, -0.05) is 25.1 Å². The molecule has 0 radical (unpaired) electrons. The fourth-order valence-corrected chi connectivity index (χ4v) is 1.45. The van der Waals surface area contributed by atoms with Crippen LogP contribution in [0.15, 0.2) is 28.9 Å². The van der Waals surface area contributed by atoms with Crippen LogP contribution in [0.25, 0.3) is 0 Å². The zero-order valence-electron chi connectivity index (χ0n) is 10.5. The standard InChI is InChI=1S/C13H15N3O2/c1-9(2)11(17)8-13-15-12(16-18-13)7-10-5-3-4-6-14-10/h3-6,9H,7-8H2,1-2H3. The van der Waals surface area contributed by atoms with Gasteiger partial charge >= 0.3 is 0 Å². The molecule has 0 amide bonds. The second-order valence-corrected chi connectivity index (χ2v) is 4.40.